The molecule has 3 rings (SSSR count). The third-order valence-electron chi connectivity index (χ3n) is 3.47. The maximum atomic E-state index is 10.3. The molecule has 0 aliphatic carbocycles. The Morgan fingerprint density at radius 2 is 1.91 bits per heavy atom. The number of hydrogen-bond donors (Lipinski definition) is 2. The first-order chi connectivity index (χ1) is 10.6. The molecule has 114 valence electrons. The van der Waals surface area contributed by atoms with Crippen LogP contribution in [-0.2, 0) is 0 Å². The number of aliphatic hydroxyl groups is 1. The lowest BCUT2D eigenvalue weighted by molar-refractivity contribution is 0.162. The predicted molar refractivity (Wildman–Crippen MR) is 84.6 cm³/mol. The fourth-order valence-corrected chi connectivity index (χ4v) is 2.42. The normalized spacial score (nSPS) is 14.0. The van der Waals surface area contributed by atoms with Crippen LogP contribution in [0.3, 0.4) is 0 Å². The van der Waals surface area contributed by atoms with Crippen molar-refractivity contribution in [2.75, 3.05) is 5.32 Å². The molecule has 0 radical (unpaired) electrons. The average molecular weight is 297 g/mol. The third-order valence-corrected chi connectivity index (χ3v) is 3.47. The number of benzene rings is 1. The van der Waals surface area contributed by atoms with Crippen molar-refractivity contribution in [1.29, 1.82) is 0 Å². The number of aliphatic hydroxyl groups excluding tert-OH is 1. The second kappa shape index (κ2) is 6.11. The van der Waals surface area contributed by atoms with Gasteiger partial charge in [-0.15, -0.1) is 14.8 Å². The summed E-state index contributed by atoms with van der Waals surface area (Å²) in [6.45, 7) is 3.85. The molecule has 0 fully saturated rings. The maximum Gasteiger partial charge on any atom is 0.176 e. The van der Waals surface area contributed by atoms with Crippen LogP contribution in [0.15, 0.2) is 42.5 Å². The van der Waals surface area contributed by atoms with Crippen LogP contribution in [0.2, 0.25) is 0 Å². The molecular weight excluding hydrogens is 278 g/mol. The van der Waals surface area contributed by atoms with Crippen LogP contribution in [0.5, 0.6) is 0 Å². The van der Waals surface area contributed by atoms with E-state index in [2.05, 4.69) is 20.5 Å². The number of fused-ring (bicyclic) bond motifs is 1. The molecule has 0 aliphatic heterocycles. The van der Waals surface area contributed by atoms with E-state index in [9.17, 15) is 5.11 Å². The number of hydrogen-bond acceptors (Lipinski definition) is 5. The summed E-state index contributed by atoms with van der Waals surface area (Å²) in [4.78, 5) is 4.24. The van der Waals surface area contributed by atoms with Gasteiger partial charge in [-0.25, -0.2) is 4.98 Å². The van der Waals surface area contributed by atoms with Gasteiger partial charge in [-0.1, -0.05) is 30.3 Å². The Balaban J connectivity index is 1.66. The minimum absolute atomic E-state index is 0.0739. The van der Waals surface area contributed by atoms with Gasteiger partial charge in [-0.2, -0.15) is 0 Å². The Bertz CT molecular complexity index is 756. The number of rotatable bonds is 5. The first kappa shape index (κ1) is 14.5. The molecule has 2 aromatic heterocycles. The molecule has 3 aromatic rings. The van der Waals surface area contributed by atoms with Gasteiger partial charge in [0.25, 0.3) is 0 Å². The smallest absolute Gasteiger partial charge is 0.176 e. The Labute approximate surface area is 128 Å². The van der Waals surface area contributed by atoms with Crippen molar-refractivity contribution in [1.82, 2.24) is 19.8 Å². The number of anilines is 1. The quantitative estimate of drug-likeness (QED) is 0.756. The second-order valence-electron chi connectivity index (χ2n) is 5.43. The van der Waals surface area contributed by atoms with Gasteiger partial charge in [-0.05, 0) is 38.0 Å². The van der Waals surface area contributed by atoms with E-state index in [1.54, 1.807) is 0 Å². The van der Waals surface area contributed by atoms with Crippen LogP contribution in [0.1, 0.15) is 30.8 Å². The lowest BCUT2D eigenvalue weighted by Gasteiger charge is -2.18. The Kier molecular flexibility index (Phi) is 4.02. The van der Waals surface area contributed by atoms with Crippen LogP contribution < -0.4 is 5.32 Å². The van der Waals surface area contributed by atoms with E-state index >= 15 is 0 Å². The largest absolute Gasteiger partial charge is 0.388 e. The zero-order chi connectivity index (χ0) is 15.5. The standard InChI is InChI=1S/C16H19N5O/c1-11(10-14(22)13-6-4-3-5-7-13)17-15-8-9-16-18-12(2)19-21(16)20-15/h3-9,11,14,22H,10H2,1-2H3,(H,17,20)/t11-,14+/m1/s1. The molecule has 6 heteroatoms. The van der Waals surface area contributed by atoms with E-state index in [-0.39, 0.29) is 6.04 Å². The topological polar surface area (TPSA) is 75.3 Å². The fraction of sp³-hybridized carbons (Fsp3) is 0.312. The highest BCUT2D eigenvalue weighted by Crippen LogP contribution is 2.19. The van der Waals surface area contributed by atoms with E-state index in [0.717, 1.165) is 11.2 Å². The Morgan fingerprint density at radius 1 is 1.14 bits per heavy atom. The van der Waals surface area contributed by atoms with Crippen molar-refractivity contribution >= 4 is 11.5 Å². The molecule has 0 spiro atoms. The van der Waals surface area contributed by atoms with Crippen LogP contribution in [0, 0.1) is 6.92 Å². The first-order valence-corrected chi connectivity index (χ1v) is 7.32. The highest BCUT2D eigenvalue weighted by molar-refractivity contribution is 5.43. The molecule has 0 amide bonds. The summed E-state index contributed by atoms with van der Waals surface area (Å²) in [7, 11) is 0. The van der Waals surface area contributed by atoms with Gasteiger partial charge in [0.1, 0.15) is 11.6 Å². The molecule has 0 aliphatic rings. The molecule has 6 nitrogen and oxygen atoms in total. The summed E-state index contributed by atoms with van der Waals surface area (Å²) in [5.41, 5.74) is 1.64. The molecular formula is C16H19N5O. The number of aromatic nitrogens is 4. The molecule has 2 heterocycles. The van der Waals surface area contributed by atoms with Crippen LogP contribution in [-0.4, -0.2) is 31.0 Å². The molecule has 22 heavy (non-hydrogen) atoms. The first-order valence-electron chi connectivity index (χ1n) is 7.32. The molecule has 0 unspecified atom stereocenters. The van der Waals surface area contributed by atoms with Crippen molar-refractivity contribution in [3.8, 4) is 0 Å². The molecule has 0 saturated carbocycles. The van der Waals surface area contributed by atoms with Gasteiger partial charge in [-0.3, -0.25) is 0 Å². The average Bonchev–Trinajstić information content (AvgIpc) is 2.87. The van der Waals surface area contributed by atoms with Gasteiger partial charge in [0.2, 0.25) is 0 Å². The molecule has 0 saturated heterocycles. The van der Waals surface area contributed by atoms with E-state index < -0.39 is 6.10 Å². The zero-order valence-corrected chi connectivity index (χ0v) is 12.6. The van der Waals surface area contributed by atoms with E-state index in [1.165, 1.54) is 4.63 Å². The van der Waals surface area contributed by atoms with Crippen molar-refractivity contribution in [3.63, 3.8) is 0 Å². The Hall–Kier alpha value is -2.47. The maximum absolute atomic E-state index is 10.3. The number of nitrogens with one attached hydrogen (secondary N) is 1. The van der Waals surface area contributed by atoms with Crippen molar-refractivity contribution in [2.24, 2.45) is 0 Å². The molecule has 2 atom stereocenters. The van der Waals surface area contributed by atoms with E-state index in [4.69, 9.17) is 0 Å². The Morgan fingerprint density at radius 3 is 2.68 bits per heavy atom. The zero-order valence-electron chi connectivity index (χ0n) is 12.6. The summed E-state index contributed by atoms with van der Waals surface area (Å²) in [5, 5.41) is 22.1. The summed E-state index contributed by atoms with van der Waals surface area (Å²) in [5.74, 6) is 1.40. The van der Waals surface area contributed by atoms with Crippen LogP contribution >= 0.6 is 0 Å². The molecule has 1 aromatic carbocycles. The minimum Gasteiger partial charge on any atom is -0.388 e. The van der Waals surface area contributed by atoms with Crippen molar-refractivity contribution in [2.45, 2.75) is 32.4 Å². The molecule has 2 N–H and O–H groups in total. The SMILES string of the molecule is Cc1nc2ccc(N[C@H](C)C[C@H](O)c3ccccc3)nn2n1. The fourth-order valence-electron chi connectivity index (χ4n) is 2.42. The van der Waals surface area contributed by atoms with Gasteiger partial charge in [0, 0.05) is 6.04 Å². The predicted octanol–water partition coefficient (Wildman–Crippen LogP) is 2.36. The van der Waals surface area contributed by atoms with Crippen LogP contribution in [0.4, 0.5) is 5.82 Å². The summed E-state index contributed by atoms with van der Waals surface area (Å²) in [6.07, 6.45) is 0.0983. The highest BCUT2D eigenvalue weighted by atomic mass is 16.3. The lowest BCUT2D eigenvalue weighted by Crippen LogP contribution is -2.20. The van der Waals surface area contributed by atoms with Crippen molar-refractivity contribution < 1.29 is 5.11 Å². The van der Waals surface area contributed by atoms with Crippen molar-refractivity contribution in [3.05, 3.63) is 53.9 Å². The van der Waals surface area contributed by atoms with E-state index in [1.807, 2.05) is 56.3 Å². The summed E-state index contributed by atoms with van der Waals surface area (Å²) < 4.78 is 1.51. The van der Waals surface area contributed by atoms with Gasteiger partial charge in [0.05, 0.1) is 6.10 Å². The van der Waals surface area contributed by atoms with E-state index in [0.29, 0.717) is 18.1 Å². The third kappa shape index (κ3) is 3.23. The number of nitrogens with zero attached hydrogens (tertiary/aromatic N) is 4. The monoisotopic (exact) mass is 297 g/mol. The highest BCUT2D eigenvalue weighted by Gasteiger charge is 2.13. The van der Waals surface area contributed by atoms with Gasteiger partial charge >= 0.3 is 0 Å². The van der Waals surface area contributed by atoms with Gasteiger partial charge in [0.15, 0.2) is 5.65 Å². The summed E-state index contributed by atoms with van der Waals surface area (Å²) >= 11 is 0. The summed E-state index contributed by atoms with van der Waals surface area (Å²) in [6, 6.07) is 13.5. The van der Waals surface area contributed by atoms with Crippen LogP contribution in [0.25, 0.3) is 5.65 Å². The molecule has 0 bridgehead atoms. The minimum atomic E-state index is -0.499. The second-order valence-corrected chi connectivity index (χ2v) is 5.43. The number of aryl methyl sites for hydroxylation is 1. The lowest BCUT2D eigenvalue weighted by atomic mass is 10.0. The van der Waals surface area contributed by atoms with Gasteiger partial charge < -0.3 is 10.4 Å².